The lowest BCUT2D eigenvalue weighted by Crippen LogP contribution is -2.40. The second-order valence-electron chi connectivity index (χ2n) is 5.20. The molecular weight excluding hydrogens is 238 g/mol. The Morgan fingerprint density at radius 1 is 1.32 bits per heavy atom. The summed E-state index contributed by atoms with van der Waals surface area (Å²) in [5.41, 5.74) is 6.71. The Kier molecular flexibility index (Phi) is 6.53. The monoisotopic (exact) mass is 263 g/mol. The van der Waals surface area contributed by atoms with Crippen LogP contribution in [0.2, 0.25) is 0 Å². The summed E-state index contributed by atoms with van der Waals surface area (Å²) in [6.07, 6.45) is 0.935. The van der Waals surface area contributed by atoms with E-state index >= 15 is 0 Å². The molecule has 4 heteroatoms. The molecule has 0 spiro atoms. The fourth-order valence-corrected chi connectivity index (χ4v) is 1.95. The minimum absolute atomic E-state index is 0.0138. The number of hydrogen-bond donors (Lipinski definition) is 2. The molecule has 1 amide bonds. The van der Waals surface area contributed by atoms with Crippen LogP contribution in [0, 0.1) is 0 Å². The standard InChI is InChI=1S/C15H25N3O/c1-12(9-10-18(2)3)17-15(19)14(11-16)13-7-5-4-6-8-13/h4-8,12,14H,9-11,16H2,1-3H3,(H,17,19). The molecule has 0 aliphatic carbocycles. The summed E-state index contributed by atoms with van der Waals surface area (Å²) < 4.78 is 0. The molecule has 0 aromatic heterocycles. The third kappa shape index (κ3) is 5.41. The molecule has 0 heterocycles. The first-order chi connectivity index (χ1) is 9.04. The highest BCUT2D eigenvalue weighted by Gasteiger charge is 2.20. The van der Waals surface area contributed by atoms with Gasteiger partial charge < -0.3 is 16.0 Å². The Morgan fingerprint density at radius 3 is 2.47 bits per heavy atom. The van der Waals surface area contributed by atoms with Crippen molar-refractivity contribution in [1.82, 2.24) is 10.2 Å². The molecule has 0 aliphatic heterocycles. The molecule has 19 heavy (non-hydrogen) atoms. The number of nitrogens with two attached hydrogens (primary N) is 1. The lowest BCUT2D eigenvalue weighted by atomic mass is 9.98. The largest absolute Gasteiger partial charge is 0.353 e. The van der Waals surface area contributed by atoms with Crippen LogP contribution in [-0.4, -0.2) is 44.0 Å². The van der Waals surface area contributed by atoms with Crippen molar-refractivity contribution in [3.63, 3.8) is 0 Å². The van der Waals surface area contributed by atoms with Crippen molar-refractivity contribution in [2.75, 3.05) is 27.2 Å². The Bertz CT molecular complexity index is 378. The van der Waals surface area contributed by atoms with E-state index in [0.29, 0.717) is 6.54 Å². The summed E-state index contributed by atoms with van der Waals surface area (Å²) in [6.45, 7) is 3.32. The minimum atomic E-state index is -0.261. The smallest absolute Gasteiger partial charge is 0.229 e. The van der Waals surface area contributed by atoms with Crippen LogP contribution in [0.4, 0.5) is 0 Å². The average molecular weight is 263 g/mol. The van der Waals surface area contributed by atoms with Crippen molar-refractivity contribution in [1.29, 1.82) is 0 Å². The van der Waals surface area contributed by atoms with Crippen LogP contribution < -0.4 is 11.1 Å². The maximum absolute atomic E-state index is 12.2. The van der Waals surface area contributed by atoms with Gasteiger partial charge in [-0.05, 0) is 39.5 Å². The van der Waals surface area contributed by atoms with E-state index in [1.807, 2.05) is 51.4 Å². The van der Waals surface area contributed by atoms with Gasteiger partial charge in [0.25, 0.3) is 0 Å². The van der Waals surface area contributed by atoms with E-state index in [1.54, 1.807) is 0 Å². The molecule has 0 radical (unpaired) electrons. The first kappa shape index (κ1) is 15.7. The van der Waals surface area contributed by atoms with Crippen LogP contribution >= 0.6 is 0 Å². The van der Waals surface area contributed by atoms with Crippen molar-refractivity contribution >= 4 is 5.91 Å². The second kappa shape index (κ2) is 7.92. The molecule has 2 unspecified atom stereocenters. The van der Waals surface area contributed by atoms with Crippen LogP contribution in [0.25, 0.3) is 0 Å². The number of amides is 1. The lowest BCUT2D eigenvalue weighted by Gasteiger charge is -2.20. The zero-order chi connectivity index (χ0) is 14.3. The first-order valence-corrected chi connectivity index (χ1v) is 6.74. The van der Waals surface area contributed by atoms with Gasteiger partial charge in [-0.3, -0.25) is 4.79 Å². The van der Waals surface area contributed by atoms with Gasteiger partial charge in [-0.1, -0.05) is 30.3 Å². The van der Waals surface area contributed by atoms with E-state index in [0.717, 1.165) is 18.5 Å². The number of carbonyl (C=O) groups is 1. The minimum Gasteiger partial charge on any atom is -0.353 e. The van der Waals surface area contributed by atoms with Crippen LogP contribution in [0.1, 0.15) is 24.8 Å². The van der Waals surface area contributed by atoms with E-state index in [2.05, 4.69) is 10.2 Å². The summed E-state index contributed by atoms with van der Waals surface area (Å²) >= 11 is 0. The Morgan fingerprint density at radius 2 is 1.95 bits per heavy atom. The van der Waals surface area contributed by atoms with Crippen LogP contribution in [0.5, 0.6) is 0 Å². The zero-order valence-electron chi connectivity index (χ0n) is 12.1. The van der Waals surface area contributed by atoms with Gasteiger partial charge >= 0.3 is 0 Å². The van der Waals surface area contributed by atoms with E-state index in [1.165, 1.54) is 0 Å². The topological polar surface area (TPSA) is 58.4 Å². The Labute approximate surface area is 116 Å². The molecule has 0 saturated heterocycles. The third-order valence-corrected chi connectivity index (χ3v) is 3.15. The van der Waals surface area contributed by atoms with E-state index in [4.69, 9.17) is 5.73 Å². The molecule has 0 bridgehead atoms. The summed E-state index contributed by atoms with van der Waals surface area (Å²) in [5.74, 6) is -0.247. The van der Waals surface area contributed by atoms with Crippen LogP contribution in [-0.2, 0) is 4.79 Å². The normalized spacial score (nSPS) is 14.2. The quantitative estimate of drug-likeness (QED) is 0.777. The third-order valence-electron chi connectivity index (χ3n) is 3.15. The molecule has 1 rings (SSSR count). The zero-order valence-corrected chi connectivity index (χ0v) is 12.1. The van der Waals surface area contributed by atoms with Gasteiger partial charge in [0.15, 0.2) is 0 Å². The van der Waals surface area contributed by atoms with Crippen LogP contribution in [0.3, 0.4) is 0 Å². The van der Waals surface area contributed by atoms with Crippen molar-refractivity contribution < 1.29 is 4.79 Å². The van der Waals surface area contributed by atoms with Gasteiger partial charge in [0.2, 0.25) is 5.91 Å². The molecule has 1 aromatic rings. The molecule has 0 saturated carbocycles. The fraction of sp³-hybridized carbons (Fsp3) is 0.533. The van der Waals surface area contributed by atoms with Gasteiger partial charge in [-0.2, -0.15) is 0 Å². The lowest BCUT2D eigenvalue weighted by molar-refractivity contribution is -0.123. The summed E-state index contributed by atoms with van der Waals surface area (Å²) in [5, 5.41) is 3.04. The maximum Gasteiger partial charge on any atom is 0.229 e. The summed E-state index contributed by atoms with van der Waals surface area (Å²) in [6, 6.07) is 9.85. The molecule has 0 fully saturated rings. The van der Waals surface area contributed by atoms with Gasteiger partial charge in [-0.15, -0.1) is 0 Å². The number of nitrogens with one attached hydrogen (secondary N) is 1. The predicted octanol–water partition coefficient (Wildman–Crippen LogP) is 1.19. The predicted molar refractivity (Wildman–Crippen MR) is 79.0 cm³/mol. The van der Waals surface area contributed by atoms with E-state index in [9.17, 15) is 4.79 Å². The SMILES string of the molecule is CC(CCN(C)C)NC(=O)C(CN)c1ccccc1. The van der Waals surface area contributed by atoms with Gasteiger partial charge in [0.05, 0.1) is 5.92 Å². The highest BCUT2D eigenvalue weighted by atomic mass is 16.1. The highest BCUT2D eigenvalue weighted by Crippen LogP contribution is 2.14. The summed E-state index contributed by atoms with van der Waals surface area (Å²) in [4.78, 5) is 14.3. The molecule has 4 nitrogen and oxygen atoms in total. The Hall–Kier alpha value is -1.39. The number of benzene rings is 1. The second-order valence-corrected chi connectivity index (χ2v) is 5.20. The van der Waals surface area contributed by atoms with Gasteiger partial charge in [-0.25, -0.2) is 0 Å². The highest BCUT2D eigenvalue weighted by molar-refractivity contribution is 5.84. The maximum atomic E-state index is 12.2. The molecule has 0 aliphatic rings. The van der Waals surface area contributed by atoms with E-state index < -0.39 is 0 Å². The molecular formula is C15H25N3O. The average Bonchev–Trinajstić information content (AvgIpc) is 2.38. The summed E-state index contributed by atoms with van der Waals surface area (Å²) in [7, 11) is 4.06. The first-order valence-electron chi connectivity index (χ1n) is 6.74. The fourth-order valence-electron chi connectivity index (χ4n) is 1.95. The molecule has 3 N–H and O–H groups in total. The number of rotatable bonds is 7. The van der Waals surface area contributed by atoms with Crippen molar-refractivity contribution in [3.05, 3.63) is 35.9 Å². The molecule has 106 valence electrons. The van der Waals surface area contributed by atoms with Gasteiger partial charge in [0.1, 0.15) is 0 Å². The molecule has 1 aromatic carbocycles. The van der Waals surface area contributed by atoms with Gasteiger partial charge in [0, 0.05) is 12.6 Å². The van der Waals surface area contributed by atoms with E-state index in [-0.39, 0.29) is 17.9 Å². The van der Waals surface area contributed by atoms with Crippen LogP contribution in [0.15, 0.2) is 30.3 Å². The number of nitrogens with zero attached hydrogens (tertiary/aromatic N) is 1. The van der Waals surface area contributed by atoms with Crippen molar-refractivity contribution in [2.24, 2.45) is 5.73 Å². The van der Waals surface area contributed by atoms with Crippen molar-refractivity contribution in [3.8, 4) is 0 Å². The number of hydrogen-bond acceptors (Lipinski definition) is 3. The Balaban J connectivity index is 2.55. The number of carbonyl (C=O) groups excluding carboxylic acids is 1. The van der Waals surface area contributed by atoms with Crippen molar-refractivity contribution in [2.45, 2.75) is 25.3 Å². The molecule has 2 atom stereocenters.